The Kier molecular flexibility index (Phi) is 7.59. The van der Waals surface area contributed by atoms with Crippen LogP contribution in [0.15, 0.2) is 54.6 Å². The van der Waals surface area contributed by atoms with E-state index in [1.807, 2.05) is 31.4 Å². The molecule has 1 amide bonds. The lowest BCUT2D eigenvalue weighted by Gasteiger charge is -2.60. The molecule has 2 aromatic carbocycles. The minimum Gasteiger partial charge on any atom is -0.508 e. The van der Waals surface area contributed by atoms with Crippen LogP contribution in [0.2, 0.25) is 0 Å². The first kappa shape index (κ1) is 26.4. The van der Waals surface area contributed by atoms with E-state index in [0.717, 1.165) is 62.4 Å². The van der Waals surface area contributed by atoms with Gasteiger partial charge in [-0.1, -0.05) is 24.3 Å². The molecule has 0 unspecified atom stereocenters. The minimum absolute atomic E-state index is 0.0213. The fraction of sp³-hybridized carbons (Fsp3) is 0.484. The Morgan fingerprint density at radius 1 is 1.13 bits per heavy atom. The van der Waals surface area contributed by atoms with Crippen molar-refractivity contribution in [3.8, 4) is 11.5 Å². The van der Waals surface area contributed by atoms with Crippen LogP contribution in [0.4, 0.5) is 0 Å². The second kappa shape index (κ2) is 10.9. The number of fused-ring (bicyclic) bond motifs is 1. The van der Waals surface area contributed by atoms with Gasteiger partial charge in [0.2, 0.25) is 5.91 Å². The molecule has 3 aliphatic rings. The highest BCUT2D eigenvalue weighted by Gasteiger charge is 2.59. The van der Waals surface area contributed by atoms with Gasteiger partial charge in [-0.3, -0.25) is 9.59 Å². The van der Waals surface area contributed by atoms with E-state index in [1.54, 1.807) is 24.3 Å². The number of carbonyl (C=O) groups is 2. The maximum Gasteiger partial charge on any atom is 0.308 e. The molecule has 3 atom stereocenters. The van der Waals surface area contributed by atoms with Gasteiger partial charge in [0.15, 0.2) is 0 Å². The van der Waals surface area contributed by atoms with Crippen molar-refractivity contribution in [3.05, 3.63) is 65.7 Å². The molecule has 7 heteroatoms. The average Bonchev–Trinajstić information content (AvgIpc) is 3.71. The van der Waals surface area contributed by atoms with Gasteiger partial charge in [0.1, 0.15) is 11.5 Å². The topological polar surface area (TPSA) is 88.1 Å². The Hall–Kier alpha value is -3.16. The molecule has 1 saturated heterocycles. The Balaban J connectivity index is 1.40. The number of likely N-dealkylation sites (tertiary alicyclic amines) is 1. The summed E-state index contributed by atoms with van der Waals surface area (Å²) in [5, 5.41) is 12.9. The molecular formula is C31H38N2O5. The molecule has 7 nitrogen and oxygen atoms in total. The van der Waals surface area contributed by atoms with Crippen LogP contribution in [0.1, 0.15) is 56.6 Å². The number of benzene rings is 2. The molecule has 2 aliphatic carbocycles. The summed E-state index contributed by atoms with van der Waals surface area (Å²) in [4.78, 5) is 27.2. The van der Waals surface area contributed by atoms with Crippen molar-refractivity contribution in [2.75, 3.05) is 26.7 Å². The van der Waals surface area contributed by atoms with Gasteiger partial charge in [0.25, 0.3) is 0 Å². The average molecular weight is 519 g/mol. The van der Waals surface area contributed by atoms with Crippen LogP contribution >= 0.6 is 0 Å². The highest BCUT2D eigenvalue weighted by molar-refractivity contribution is 5.92. The second-order valence-electron chi connectivity index (χ2n) is 11.2. The van der Waals surface area contributed by atoms with Gasteiger partial charge >= 0.3 is 5.97 Å². The summed E-state index contributed by atoms with van der Waals surface area (Å²) in [6.45, 7) is 4.36. The van der Waals surface area contributed by atoms with Crippen molar-refractivity contribution in [3.63, 3.8) is 0 Å². The number of hydrogen-bond acceptors (Lipinski definition) is 6. The van der Waals surface area contributed by atoms with Crippen LogP contribution in [0, 0.1) is 5.92 Å². The summed E-state index contributed by atoms with van der Waals surface area (Å²) >= 11 is 0. The van der Waals surface area contributed by atoms with Gasteiger partial charge in [-0.05, 0) is 92.5 Å². The van der Waals surface area contributed by atoms with Crippen LogP contribution in [0.5, 0.6) is 11.5 Å². The highest BCUT2D eigenvalue weighted by Crippen LogP contribution is 2.54. The zero-order valence-corrected chi connectivity index (χ0v) is 22.3. The number of piperidine rings is 1. The monoisotopic (exact) mass is 518 g/mol. The number of amides is 1. The number of aromatic hydroxyl groups is 1. The molecule has 2 saturated carbocycles. The fourth-order valence-corrected chi connectivity index (χ4v) is 6.61. The molecule has 0 radical (unpaired) electrons. The Morgan fingerprint density at radius 2 is 1.95 bits per heavy atom. The summed E-state index contributed by atoms with van der Waals surface area (Å²) in [5.74, 6) is 1.01. The summed E-state index contributed by atoms with van der Waals surface area (Å²) in [6, 6.07) is 14.7. The zero-order chi connectivity index (χ0) is 26.8. The Morgan fingerprint density at radius 3 is 2.68 bits per heavy atom. The number of esters is 1. The number of ether oxygens (including phenoxy) is 2. The third kappa shape index (κ3) is 5.64. The van der Waals surface area contributed by atoms with Gasteiger partial charge in [0.05, 0.1) is 5.60 Å². The number of hydrogen-bond donors (Lipinski definition) is 2. The summed E-state index contributed by atoms with van der Waals surface area (Å²) < 4.78 is 11.9. The van der Waals surface area contributed by atoms with Crippen LogP contribution in [-0.2, 0) is 19.7 Å². The van der Waals surface area contributed by atoms with Crippen molar-refractivity contribution in [2.45, 2.75) is 62.5 Å². The van der Waals surface area contributed by atoms with E-state index in [1.165, 1.54) is 25.8 Å². The second-order valence-corrected chi connectivity index (χ2v) is 11.2. The van der Waals surface area contributed by atoms with Crippen LogP contribution in [-0.4, -0.2) is 60.3 Å². The molecular weight excluding hydrogens is 480 g/mol. The largest absolute Gasteiger partial charge is 0.508 e. The van der Waals surface area contributed by atoms with Crippen molar-refractivity contribution in [2.24, 2.45) is 5.92 Å². The molecule has 1 aliphatic heterocycles. The lowest BCUT2D eigenvalue weighted by molar-refractivity contribution is -0.150. The van der Waals surface area contributed by atoms with Crippen LogP contribution < -0.4 is 10.1 Å². The molecule has 0 aromatic heterocycles. The minimum atomic E-state index is -0.395. The third-order valence-electron chi connectivity index (χ3n) is 8.59. The Bertz CT molecular complexity index is 1210. The van der Waals surface area contributed by atoms with E-state index >= 15 is 0 Å². The maximum absolute atomic E-state index is 12.9. The number of carbonyl (C=O) groups excluding carboxylic acids is 2. The molecule has 2 N–H and O–H groups in total. The van der Waals surface area contributed by atoms with Crippen LogP contribution in [0.3, 0.4) is 0 Å². The van der Waals surface area contributed by atoms with Crippen molar-refractivity contribution >= 4 is 18.0 Å². The van der Waals surface area contributed by atoms with Gasteiger partial charge < -0.3 is 24.8 Å². The van der Waals surface area contributed by atoms with Crippen LogP contribution in [0.25, 0.3) is 6.08 Å². The lowest BCUT2D eigenvalue weighted by atomic mass is 9.55. The number of phenols is 1. The number of rotatable bonds is 8. The molecule has 0 spiro atoms. The van der Waals surface area contributed by atoms with Crippen molar-refractivity contribution in [1.29, 1.82) is 0 Å². The molecule has 5 rings (SSSR count). The zero-order valence-electron chi connectivity index (χ0n) is 22.3. The summed E-state index contributed by atoms with van der Waals surface area (Å²) in [5.41, 5.74) is 1.14. The first-order valence-corrected chi connectivity index (χ1v) is 13.6. The standard InChI is InChI=1S/C31H38N2O5/c1-22(34)38-28-8-4-6-25(18-28)30-15-16-33(20-24-9-10-24)21-31(30,37-2)14-13-26(19-30)32-29(36)12-11-23-5-3-7-27(35)17-23/h3-8,11-12,17-18,24,26,35H,9-10,13-16,19-21H2,1-2H3,(H,32,36)/t26-,30+,31+/m1/s1. The lowest BCUT2D eigenvalue weighted by Crippen LogP contribution is -2.68. The van der Waals surface area contributed by atoms with Crippen molar-refractivity contribution in [1.82, 2.24) is 10.2 Å². The normalized spacial score (nSPS) is 27.6. The first-order chi connectivity index (χ1) is 18.3. The Labute approximate surface area is 224 Å². The SMILES string of the molecule is CO[C@]12CC[C@@H](NC(=O)C=Cc3cccc(O)c3)C[C@]1(c1cccc(OC(C)=O)c1)CCN(CC1CC1)C2. The number of nitrogens with zero attached hydrogens (tertiary/aromatic N) is 1. The molecule has 38 heavy (non-hydrogen) atoms. The van der Waals surface area contributed by atoms with E-state index in [4.69, 9.17) is 9.47 Å². The van der Waals surface area contributed by atoms with E-state index in [2.05, 4.69) is 16.3 Å². The van der Waals surface area contributed by atoms with Gasteiger partial charge in [-0.2, -0.15) is 0 Å². The number of nitrogens with one attached hydrogen (secondary N) is 1. The number of methoxy groups -OCH3 is 1. The maximum atomic E-state index is 12.9. The van der Waals surface area contributed by atoms with E-state index in [-0.39, 0.29) is 29.1 Å². The molecule has 1 heterocycles. The molecule has 0 bridgehead atoms. The van der Waals surface area contributed by atoms with Gasteiger partial charge in [-0.25, -0.2) is 0 Å². The third-order valence-corrected chi connectivity index (χ3v) is 8.59. The summed E-state index contributed by atoms with van der Waals surface area (Å²) in [6.07, 6.45) is 9.17. The van der Waals surface area contributed by atoms with Crippen molar-refractivity contribution < 1.29 is 24.2 Å². The smallest absolute Gasteiger partial charge is 0.308 e. The summed E-state index contributed by atoms with van der Waals surface area (Å²) in [7, 11) is 1.82. The van der Waals surface area contributed by atoms with Gasteiger partial charge in [0, 0.05) is 44.7 Å². The fourth-order valence-electron chi connectivity index (χ4n) is 6.61. The molecule has 3 fully saturated rings. The first-order valence-electron chi connectivity index (χ1n) is 13.6. The van der Waals surface area contributed by atoms with Gasteiger partial charge in [-0.15, -0.1) is 0 Å². The molecule has 202 valence electrons. The predicted octanol–water partition coefficient (Wildman–Crippen LogP) is 4.44. The highest BCUT2D eigenvalue weighted by atomic mass is 16.5. The number of phenolic OH excluding ortho intramolecular Hbond substituents is 1. The van der Waals surface area contributed by atoms with E-state index in [9.17, 15) is 14.7 Å². The predicted molar refractivity (Wildman–Crippen MR) is 146 cm³/mol. The van der Waals surface area contributed by atoms with E-state index in [0.29, 0.717) is 5.75 Å². The van der Waals surface area contributed by atoms with E-state index < -0.39 is 5.60 Å². The quantitative estimate of drug-likeness (QED) is 0.305. The molecule has 2 aromatic rings.